The highest BCUT2D eigenvalue weighted by Gasteiger charge is 2.35. The van der Waals surface area contributed by atoms with Gasteiger partial charge >= 0.3 is 5.97 Å². The summed E-state index contributed by atoms with van der Waals surface area (Å²) in [6, 6.07) is 0. The third-order valence-corrected chi connectivity index (χ3v) is 4.25. The first-order chi connectivity index (χ1) is 12.9. The van der Waals surface area contributed by atoms with Crippen molar-refractivity contribution in [1.29, 1.82) is 0 Å². The first kappa shape index (κ1) is 26.2. The number of esters is 1. The number of hydrogen-bond acceptors (Lipinski definition) is 8. The highest BCUT2D eigenvalue weighted by atomic mass is 16.5. The van der Waals surface area contributed by atoms with Gasteiger partial charge in [-0.2, -0.15) is 0 Å². The first-order valence-electron chi connectivity index (χ1n) is 9.18. The van der Waals surface area contributed by atoms with Gasteiger partial charge in [0, 0.05) is 30.5 Å². The third-order valence-electron chi connectivity index (χ3n) is 4.25. The minimum atomic E-state index is -1.42. The smallest absolute Gasteiger partial charge is 0.307 e. The van der Waals surface area contributed by atoms with E-state index in [-0.39, 0.29) is 39.3 Å². The molecule has 0 aliphatic carbocycles. The lowest BCUT2D eigenvalue weighted by molar-refractivity contribution is -0.153. The molecular formula is C18H34N2O8. The van der Waals surface area contributed by atoms with Gasteiger partial charge < -0.3 is 35.8 Å². The van der Waals surface area contributed by atoms with E-state index in [0.29, 0.717) is 6.42 Å². The van der Waals surface area contributed by atoms with Crippen molar-refractivity contribution in [3.63, 3.8) is 0 Å². The normalized spacial score (nSPS) is 14.1. The monoisotopic (exact) mass is 406 g/mol. The van der Waals surface area contributed by atoms with Crippen LogP contribution in [-0.2, 0) is 19.1 Å². The largest absolute Gasteiger partial charge is 0.465 e. The third kappa shape index (κ3) is 8.96. The Hall–Kier alpha value is -1.75. The zero-order chi connectivity index (χ0) is 22.0. The Morgan fingerprint density at radius 2 is 1.39 bits per heavy atom. The molecule has 0 aromatic rings. The summed E-state index contributed by atoms with van der Waals surface area (Å²) in [5, 5.41) is 42.6. The fourth-order valence-corrected chi connectivity index (χ4v) is 1.99. The fraction of sp³-hybridized carbons (Fsp3) is 0.833. The van der Waals surface area contributed by atoms with Crippen molar-refractivity contribution in [3.8, 4) is 0 Å². The second kappa shape index (κ2) is 11.9. The van der Waals surface area contributed by atoms with Crippen molar-refractivity contribution < 1.29 is 39.5 Å². The van der Waals surface area contributed by atoms with Crippen LogP contribution in [0.25, 0.3) is 0 Å². The van der Waals surface area contributed by atoms with Gasteiger partial charge in [-0.3, -0.25) is 14.4 Å². The number of aliphatic hydroxyl groups is 4. The molecule has 2 unspecified atom stereocenters. The minimum Gasteiger partial charge on any atom is -0.465 e. The zero-order valence-electron chi connectivity index (χ0n) is 17.0. The minimum absolute atomic E-state index is 0.0686. The van der Waals surface area contributed by atoms with Crippen LogP contribution >= 0.6 is 0 Å². The predicted molar refractivity (Wildman–Crippen MR) is 100.0 cm³/mol. The van der Waals surface area contributed by atoms with Crippen LogP contribution in [0.1, 0.15) is 40.5 Å². The average Bonchev–Trinajstić information content (AvgIpc) is 2.65. The fourth-order valence-electron chi connectivity index (χ4n) is 1.99. The molecule has 0 saturated heterocycles. The molecule has 0 heterocycles. The van der Waals surface area contributed by atoms with E-state index in [9.17, 15) is 24.6 Å². The molecule has 0 spiro atoms. The first-order valence-corrected chi connectivity index (χ1v) is 9.18. The lowest BCUT2D eigenvalue weighted by Crippen LogP contribution is -2.47. The van der Waals surface area contributed by atoms with Gasteiger partial charge in [-0.1, -0.05) is 27.7 Å². The molecule has 2 amide bonds. The van der Waals surface area contributed by atoms with E-state index < -0.39 is 40.8 Å². The number of rotatable bonds is 13. The molecule has 0 aliphatic rings. The van der Waals surface area contributed by atoms with E-state index in [0.717, 1.165) is 0 Å². The van der Waals surface area contributed by atoms with Gasteiger partial charge in [0.1, 0.15) is 12.2 Å². The van der Waals surface area contributed by atoms with Crippen LogP contribution in [0.15, 0.2) is 0 Å². The van der Waals surface area contributed by atoms with Gasteiger partial charge in [-0.25, -0.2) is 0 Å². The molecule has 10 heteroatoms. The molecule has 0 aliphatic heterocycles. The van der Waals surface area contributed by atoms with Crippen molar-refractivity contribution in [2.45, 2.75) is 52.7 Å². The van der Waals surface area contributed by atoms with Gasteiger partial charge in [-0.15, -0.1) is 0 Å². The standard InChI is InChI=1S/C18H34N2O8/c1-17(2,10-22)13(24)15(26)20-8-6-12(23)28-11-18(3,4)14(25)16(27)19-7-5-9-21/h13-14,21-22,24-25H,5-11H2,1-4H3,(H,19,27)(H,20,26). The van der Waals surface area contributed by atoms with E-state index in [4.69, 9.17) is 14.9 Å². The second-order valence-electron chi connectivity index (χ2n) is 8.01. The molecule has 0 radical (unpaired) electrons. The van der Waals surface area contributed by atoms with Gasteiger partial charge in [0.2, 0.25) is 11.8 Å². The molecule has 28 heavy (non-hydrogen) atoms. The van der Waals surface area contributed by atoms with E-state index in [2.05, 4.69) is 10.6 Å². The van der Waals surface area contributed by atoms with Crippen LogP contribution in [0.4, 0.5) is 0 Å². The summed E-state index contributed by atoms with van der Waals surface area (Å²) in [5.41, 5.74) is -2.05. The highest BCUT2D eigenvalue weighted by molar-refractivity contribution is 5.82. The lowest BCUT2D eigenvalue weighted by atomic mass is 9.87. The van der Waals surface area contributed by atoms with E-state index in [1.807, 2.05) is 0 Å². The summed E-state index contributed by atoms with van der Waals surface area (Å²) in [6.45, 7) is 5.66. The molecule has 0 fully saturated rings. The number of aliphatic hydroxyl groups excluding tert-OH is 4. The summed E-state index contributed by atoms with van der Waals surface area (Å²) >= 11 is 0. The molecular weight excluding hydrogens is 372 g/mol. The maximum Gasteiger partial charge on any atom is 0.307 e. The molecule has 6 N–H and O–H groups in total. The van der Waals surface area contributed by atoms with E-state index >= 15 is 0 Å². The van der Waals surface area contributed by atoms with Crippen molar-refractivity contribution in [2.75, 3.05) is 32.9 Å². The second-order valence-corrected chi connectivity index (χ2v) is 8.01. The summed E-state index contributed by atoms with van der Waals surface area (Å²) < 4.78 is 5.06. The average molecular weight is 406 g/mol. The Labute approximate surface area is 165 Å². The molecule has 0 bridgehead atoms. The van der Waals surface area contributed by atoms with Gasteiger partial charge in [0.05, 0.1) is 19.6 Å². The number of nitrogens with one attached hydrogen (secondary N) is 2. The molecule has 0 saturated carbocycles. The number of carbonyl (C=O) groups is 3. The summed E-state index contributed by atoms with van der Waals surface area (Å²) in [7, 11) is 0. The summed E-state index contributed by atoms with van der Waals surface area (Å²) in [5.74, 6) is -1.97. The summed E-state index contributed by atoms with van der Waals surface area (Å²) in [6.07, 6.45) is -2.63. The Bertz CT molecular complexity index is 522. The van der Waals surface area contributed by atoms with Crippen molar-refractivity contribution in [3.05, 3.63) is 0 Å². The van der Waals surface area contributed by atoms with Gasteiger partial charge in [0.15, 0.2) is 0 Å². The Morgan fingerprint density at radius 1 is 0.893 bits per heavy atom. The van der Waals surface area contributed by atoms with Crippen molar-refractivity contribution in [2.24, 2.45) is 10.8 Å². The van der Waals surface area contributed by atoms with Crippen molar-refractivity contribution >= 4 is 17.8 Å². The van der Waals surface area contributed by atoms with Crippen LogP contribution in [0.2, 0.25) is 0 Å². The topological polar surface area (TPSA) is 165 Å². The maximum absolute atomic E-state index is 11.9. The van der Waals surface area contributed by atoms with E-state index in [1.165, 1.54) is 13.8 Å². The molecule has 0 aromatic heterocycles. The SMILES string of the molecule is CC(C)(CO)C(O)C(=O)NCCC(=O)OCC(C)(C)C(O)C(=O)NCCCO. The Kier molecular flexibility index (Phi) is 11.2. The van der Waals surface area contributed by atoms with Crippen LogP contribution in [0, 0.1) is 10.8 Å². The van der Waals surface area contributed by atoms with Gasteiger partial charge in [0.25, 0.3) is 0 Å². The number of ether oxygens (including phenoxy) is 1. The Balaban J connectivity index is 4.32. The molecule has 2 atom stereocenters. The quantitative estimate of drug-likeness (QED) is 0.156. The van der Waals surface area contributed by atoms with Crippen LogP contribution < -0.4 is 10.6 Å². The summed E-state index contributed by atoms with van der Waals surface area (Å²) in [4.78, 5) is 35.5. The molecule has 164 valence electrons. The van der Waals surface area contributed by atoms with Crippen LogP contribution in [0.3, 0.4) is 0 Å². The molecule has 0 aromatic carbocycles. The molecule has 0 rings (SSSR count). The lowest BCUT2D eigenvalue weighted by Gasteiger charge is -2.29. The number of hydrogen-bond donors (Lipinski definition) is 6. The number of amides is 2. The van der Waals surface area contributed by atoms with Crippen LogP contribution in [0.5, 0.6) is 0 Å². The maximum atomic E-state index is 11.9. The Morgan fingerprint density at radius 3 is 1.89 bits per heavy atom. The molecule has 10 nitrogen and oxygen atoms in total. The zero-order valence-corrected chi connectivity index (χ0v) is 17.0. The number of carbonyl (C=O) groups excluding carboxylic acids is 3. The highest BCUT2D eigenvalue weighted by Crippen LogP contribution is 2.22. The van der Waals surface area contributed by atoms with Crippen molar-refractivity contribution in [1.82, 2.24) is 10.6 Å². The van der Waals surface area contributed by atoms with E-state index in [1.54, 1.807) is 13.8 Å². The van der Waals surface area contributed by atoms with Crippen LogP contribution in [-0.4, -0.2) is 83.3 Å². The van der Waals surface area contributed by atoms with Gasteiger partial charge in [-0.05, 0) is 6.42 Å². The predicted octanol–water partition coefficient (Wildman–Crippen LogP) is -1.70.